The SMILES string of the molecule is O=C1N(Cc2ccc(O)cc2)CCN1C1CCNCC1. The van der Waals surface area contributed by atoms with Crippen molar-refractivity contribution in [3.63, 3.8) is 0 Å². The van der Waals surface area contributed by atoms with Gasteiger partial charge in [-0.1, -0.05) is 12.1 Å². The third-order valence-electron chi connectivity index (χ3n) is 4.19. The number of amides is 2. The molecule has 0 saturated carbocycles. The van der Waals surface area contributed by atoms with Crippen LogP contribution in [0.5, 0.6) is 5.75 Å². The van der Waals surface area contributed by atoms with Gasteiger partial charge in [-0.25, -0.2) is 4.79 Å². The Morgan fingerprint density at radius 2 is 1.85 bits per heavy atom. The van der Waals surface area contributed by atoms with Crippen molar-refractivity contribution in [1.29, 1.82) is 0 Å². The van der Waals surface area contributed by atoms with Crippen LogP contribution in [-0.2, 0) is 6.54 Å². The Balaban J connectivity index is 1.61. The Morgan fingerprint density at radius 1 is 1.15 bits per heavy atom. The summed E-state index contributed by atoms with van der Waals surface area (Å²) in [6.45, 7) is 4.27. The second-order valence-electron chi connectivity index (χ2n) is 5.55. The minimum Gasteiger partial charge on any atom is -0.508 e. The molecule has 108 valence electrons. The summed E-state index contributed by atoms with van der Waals surface area (Å²) in [4.78, 5) is 16.4. The number of benzene rings is 1. The molecule has 5 heteroatoms. The maximum Gasteiger partial charge on any atom is 0.320 e. The van der Waals surface area contributed by atoms with Crippen LogP contribution in [0.25, 0.3) is 0 Å². The first kappa shape index (κ1) is 13.2. The lowest BCUT2D eigenvalue weighted by Gasteiger charge is -2.31. The maximum atomic E-state index is 12.5. The molecule has 5 nitrogen and oxygen atoms in total. The van der Waals surface area contributed by atoms with Crippen molar-refractivity contribution in [2.75, 3.05) is 26.2 Å². The fraction of sp³-hybridized carbons (Fsp3) is 0.533. The molecule has 2 fully saturated rings. The standard InChI is InChI=1S/C15H21N3O2/c19-14-3-1-12(2-4-14)11-17-9-10-18(15(17)20)13-5-7-16-8-6-13/h1-4,13,16,19H,5-11H2. The molecule has 2 heterocycles. The fourth-order valence-electron chi connectivity index (χ4n) is 3.03. The first-order chi connectivity index (χ1) is 9.74. The number of nitrogens with zero attached hydrogens (tertiary/aromatic N) is 2. The molecule has 20 heavy (non-hydrogen) atoms. The molecule has 1 aromatic rings. The molecule has 0 radical (unpaired) electrons. The summed E-state index contributed by atoms with van der Waals surface area (Å²) >= 11 is 0. The second-order valence-corrected chi connectivity index (χ2v) is 5.55. The van der Waals surface area contributed by atoms with E-state index in [1.807, 2.05) is 21.9 Å². The number of rotatable bonds is 3. The highest BCUT2D eigenvalue weighted by Gasteiger charge is 2.33. The molecular weight excluding hydrogens is 254 g/mol. The van der Waals surface area contributed by atoms with E-state index in [1.54, 1.807) is 12.1 Å². The molecule has 1 aromatic carbocycles. The van der Waals surface area contributed by atoms with Crippen molar-refractivity contribution in [1.82, 2.24) is 15.1 Å². The number of phenolic OH excluding ortho intramolecular Hbond substituents is 1. The predicted octanol–water partition coefficient (Wildman–Crippen LogP) is 1.38. The van der Waals surface area contributed by atoms with Crippen LogP contribution >= 0.6 is 0 Å². The van der Waals surface area contributed by atoms with E-state index < -0.39 is 0 Å². The van der Waals surface area contributed by atoms with Gasteiger partial charge in [0.1, 0.15) is 5.75 Å². The molecule has 0 unspecified atom stereocenters. The normalized spacial score (nSPS) is 20.7. The zero-order valence-electron chi connectivity index (χ0n) is 11.6. The van der Waals surface area contributed by atoms with Gasteiger partial charge < -0.3 is 20.2 Å². The zero-order chi connectivity index (χ0) is 13.9. The first-order valence-corrected chi connectivity index (χ1v) is 7.28. The largest absolute Gasteiger partial charge is 0.508 e. The van der Waals surface area contributed by atoms with Gasteiger partial charge in [-0.15, -0.1) is 0 Å². The van der Waals surface area contributed by atoms with E-state index in [1.165, 1.54) is 0 Å². The number of nitrogens with one attached hydrogen (secondary N) is 1. The van der Waals surface area contributed by atoms with E-state index >= 15 is 0 Å². The Kier molecular flexibility index (Phi) is 3.78. The Labute approximate surface area is 119 Å². The van der Waals surface area contributed by atoms with Gasteiger partial charge in [0.2, 0.25) is 0 Å². The van der Waals surface area contributed by atoms with Crippen LogP contribution in [0, 0.1) is 0 Å². The van der Waals surface area contributed by atoms with Gasteiger partial charge in [-0.05, 0) is 43.6 Å². The van der Waals surface area contributed by atoms with Crippen LogP contribution in [0.15, 0.2) is 24.3 Å². The van der Waals surface area contributed by atoms with Crippen LogP contribution in [-0.4, -0.2) is 53.2 Å². The molecule has 2 N–H and O–H groups in total. The Morgan fingerprint density at radius 3 is 2.55 bits per heavy atom. The summed E-state index contributed by atoms with van der Waals surface area (Å²) in [6.07, 6.45) is 2.11. The highest BCUT2D eigenvalue weighted by molar-refractivity contribution is 5.77. The highest BCUT2D eigenvalue weighted by atomic mass is 16.3. The number of aromatic hydroxyl groups is 1. The number of phenols is 1. The minimum absolute atomic E-state index is 0.157. The van der Waals surface area contributed by atoms with Crippen molar-refractivity contribution in [2.24, 2.45) is 0 Å². The predicted molar refractivity (Wildman–Crippen MR) is 76.5 cm³/mol. The van der Waals surface area contributed by atoms with Gasteiger partial charge in [0.15, 0.2) is 0 Å². The van der Waals surface area contributed by atoms with Gasteiger partial charge in [0, 0.05) is 25.7 Å². The lowest BCUT2D eigenvalue weighted by molar-refractivity contribution is 0.165. The maximum absolute atomic E-state index is 12.5. The monoisotopic (exact) mass is 275 g/mol. The smallest absolute Gasteiger partial charge is 0.320 e. The van der Waals surface area contributed by atoms with E-state index in [2.05, 4.69) is 5.32 Å². The first-order valence-electron chi connectivity index (χ1n) is 7.28. The number of carbonyl (C=O) groups excluding carboxylic acids is 1. The average Bonchev–Trinajstić information content (AvgIpc) is 2.84. The van der Waals surface area contributed by atoms with Gasteiger partial charge in [-0.3, -0.25) is 0 Å². The topological polar surface area (TPSA) is 55.8 Å². The molecule has 0 spiro atoms. The second kappa shape index (κ2) is 5.71. The zero-order valence-corrected chi connectivity index (χ0v) is 11.6. The van der Waals surface area contributed by atoms with E-state index in [4.69, 9.17) is 0 Å². The fourth-order valence-corrected chi connectivity index (χ4v) is 3.03. The van der Waals surface area contributed by atoms with E-state index in [0.29, 0.717) is 12.6 Å². The molecule has 2 aliphatic rings. The molecule has 3 rings (SSSR count). The number of piperidine rings is 1. The van der Waals surface area contributed by atoms with Crippen molar-refractivity contribution in [3.8, 4) is 5.75 Å². The van der Waals surface area contributed by atoms with Crippen LogP contribution in [0.4, 0.5) is 4.79 Å². The van der Waals surface area contributed by atoms with Gasteiger partial charge >= 0.3 is 6.03 Å². The van der Waals surface area contributed by atoms with Gasteiger partial charge in [0.25, 0.3) is 0 Å². The molecular formula is C15H21N3O2. The van der Waals surface area contributed by atoms with Crippen LogP contribution < -0.4 is 5.32 Å². The number of urea groups is 1. The molecule has 2 saturated heterocycles. The summed E-state index contributed by atoms with van der Waals surface area (Å²) in [5, 5.41) is 12.6. The summed E-state index contributed by atoms with van der Waals surface area (Å²) in [7, 11) is 0. The van der Waals surface area contributed by atoms with Crippen molar-refractivity contribution >= 4 is 6.03 Å². The molecule has 0 aliphatic carbocycles. The van der Waals surface area contributed by atoms with Crippen molar-refractivity contribution in [2.45, 2.75) is 25.4 Å². The number of hydrogen-bond donors (Lipinski definition) is 2. The van der Waals surface area contributed by atoms with E-state index in [0.717, 1.165) is 44.6 Å². The summed E-state index contributed by atoms with van der Waals surface area (Å²) in [6, 6.07) is 7.63. The third-order valence-corrected chi connectivity index (χ3v) is 4.19. The van der Waals surface area contributed by atoms with Gasteiger partial charge in [0.05, 0.1) is 0 Å². The lowest BCUT2D eigenvalue weighted by atomic mass is 10.1. The third kappa shape index (κ3) is 2.72. The molecule has 0 atom stereocenters. The number of hydrogen-bond acceptors (Lipinski definition) is 3. The lowest BCUT2D eigenvalue weighted by Crippen LogP contribution is -2.45. The minimum atomic E-state index is 0.157. The van der Waals surface area contributed by atoms with Gasteiger partial charge in [-0.2, -0.15) is 0 Å². The Bertz CT molecular complexity index is 469. The summed E-state index contributed by atoms with van der Waals surface area (Å²) in [5.41, 5.74) is 1.06. The molecule has 2 amide bonds. The van der Waals surface area contributed by atoms with Crippen LogP contribution in [0.2, 0.25) is 0 Å². The van der Waals surface area contributed by atoms with Crippen molar-refractivity contribution in [3.05, 3.63) is 29.8 Å². The Hall–Kier alpha value is -1.75. The quantitative estimate of drug-likeness (QED) is 0.876. The van der Waals surface area contributed by atoms with Crippen molar-refractivity contribution < 1.29 is 9.90 Å². The number of carbonyl (C=O) groups is 1. The molecule has 0 aromatic heterocycles. The molecule has 0 bridgehead atoms. The average molecular weight is 275 g/mol. The van der Waals surface area contributed by atoms with Crippen LogP contribution in [0.3, 0.4) is 0 Å². The summed E-state index contributed by atoms with van der Waals surface area (Å²) < 4.78 is 0. The summed E-state index contributed by atoms with van der Waals surface area (Å²) in [5.74, 6) is 0.262. The molecule has 2 aliphatic heterocycles. The highest BCUT2D eigenvalue weighted by Crippen LogP contribution is 2.21. The van der Waals surface area contributed by atoms with Crippen LogP contribution in [0.1, 0.15) is 18.4 Å². The van der Waals surface area contributed by atoms with E-state index in [-0.39, 0.29) is 11.8 Å². The van der Waals surface area contributed by atoms with E-state index in [9.17, 15) is 9.90 Å².